The first-order valence-electron chi connectivity index (χ1n) is 7.17. The van der Waals surface area contributed by atoms with Crippen molar-refractivity contribution < 1.29 is 8.42 Å². The first-order valence-corrected chi connectivity index (χ1v) is 9.15. The predicted molar refractivity (Wildman–Crippen MR) is 88.2 cm³/mol. The van der Waals surface area contributed by atoms with Crippen molar-refractivity contribution in [1.29, 1.82) is 0 Å². The zero-order valence-corrected chi connectivity index (χ0v) is 15.6. The van der Waals surface area contributed by atoms with E-state index in [1.165, 1.54) is 4.31 Å². The molecule has 21 heavy (non-hydrogen) atoms. The van der Waals surface area contributed by atoms with Gasteiger partial charge in [0.2, 0.25) is 10.0 Å². The van der Waals surface area contributed by atoms with E-state index in [0.717, 1.165) is 5.69 Å². The van der Waals surface area contributed by atoms with Crippen LogP contribution in [0.5, 0.6) is 0 Å². The molecule has 6 heteroatoms. The third-order valence-corrected chi connectivity index (χ3v) is 6.24. The lowest BCUT2D eigenvalue weighted by atomic mass is 9.88. The summed E-state index contributed by atoms with van der Waals surface area (Å²) in [4.78, 5) is 0.311. The van der Waals surface area contributed by atoms with Crippen LogP contribution in [0.1, 0.15) is 53.3 Å². The van der Waals surface area contributed by atoms with Crippen LogP contribution in [-0.2, 0) is 15.9 Å². The second-order valence-corrected chi connectivity index (χ2v) is 9.13. The van der Waals surface area contributed by atoms with E-state index in [-0.39, 0.29) is 17.5 Å². The fraction of sp³-hybridized carbons (Fsp3) is 0.733. The zero-order chi connectivity index (χ0) is 16.6. The summed E-state index contributed by atoms with van der Waals surface area (Å²) in [6.45, 7) is 12.1. The maximum atomic E-state index is 12.8. The normalized spacial score (nSPS) is 15.0. The molecule has 0 aliphatic carbocycles. The summed E-state index contributed by atoms with van der Waals surface area (Å²) in [5.74, 6) is 0.298. The highest BCUT2D eigenvalue weighted by Gasteiger charge is 2.33. The SMILES string of the molecule is CC(C)n1cc(S(=O)(=O)N(C)C(C)C(C)(C)C)cc1CCl. The van der Waals surface area contributed by atoms with Crippen molar-refractivity contribution in [2.75, 3.05) is 7.05 Å². The van der Waals surface area contributed by atoms with Crippen LogP contribution in [0, 0.1) is 5.41 Å². The number of halogens is 1. The van der Waals surface area contributed by atoms with Crippen LogP contribution >= 0.6 is 11.6 Å². The van der Waals surface area contributed by atoms with Gasteiger partial charge in [-0.25, -0.2) is 8.42 Å². The largest absolute Gasteiger partial charge is 0.346 e. The highest BCUT2D eigenvalue weighted by molar-refractivity contribution is 7.89. The summed E-state index contributed by atoms with van der Waals surface area (Å²) in [7, 11) is -1.88. The molecule has 1 rings (SSSR count). The van der Waals surface area contributed by atoms with Gasteiger partial charge in [-0.1, -0.05) is 20.8 Å². The van der Waals surface area contributed by atoms with Gasteiger partial charge in [-0.2, -0.15) is 4.31 Å². The number of aromatic nitrogens is 1. The van der Waals surface area contributed by atoms with Crippen molar-refractivity contribution in [3.8, 4) is 0 Å². The molecule has 0 saturated carbocycles. The minimum absolute atomic E-state index is 0.107. The van der Waals surface area contributed by atoms with Gasteiger partial charge < -0.3 is 4.57 Å². The van der Waals surface area contributed by atoms with E-state index in [1.807, 2.05) is 46.1 Å². The van der Waals surface area contributed by atoms with E-state index in [1.54, 1.807) is 19.3 Å². The Kier molecular flexibility index (Phi) is 5.56. The highest BCUT2D eigenvalue weighted by atomic mass is 35.5. The Morgan fingerprint density at radius 2 is 1.81 bits per heavy atom. The van der Waals surface area contributed by atoms with E-state index in [2.05, 4.69) is 0 Å². The van der Waals surface area contributed by atoms with Gasteiger partial charge in [0.25, 0.3) is 0 Å². The number of hydrogen-bond donors (Lipinski definition) is 0. The zero-order valence-electron chi connectivity index (χ0n) is 14.0. The van der Waals surface area contributed by atoms with E-state index in [4.69, 9.17) is 11.6 Å². The maximum Gasteiger partial charge on any atom is 0.244 e. The molecule has 0 bridgehead atoms. The van der Waals surface area contributed by atoms with E-state index < -0.39 is 10.0 Å². The molecule has 0 aliphatic heterocycles. The van der Waals surface area contributed by atoms with Gasteiger partial charge in [0.1, 0.15) is 4.90 Å². The molecule has 0 amide bonds. The third-order valence-electron chi connectivity index (χ3n) is 4.08. The summed E-state index contributed by atoms with van der Waals surface area (Å²) in [5, 5.41) is 0. The van der Waals surface area contributed by atoms with Gasteiger partial charge in [-0.05, 0) is 32.3 Å². The smallest absolute Gasteiger partial charge is 0.244 e. The van der Waals surface area contributed by atoms with Gasteiger partial charge in [0.05, 0.1) is 5.88 Å². The van der Waals surface area contributed by atoms with Crippen LogP contribution in [0.2, 0.25) is 0 Å². The quantitative estimate of drug-likeness (QED) is 0.767. The van der Waals surface area contributed by atoms with E-state index in [9.17, 15) is 8.42 Å². The van der Waals surface area contributed by atoms with Crippen LogP contribution < -0.4 is 0 Å². The summed E-state index contributed by atoms with van der Waals surface area (Å²) < 4.78 is 28.9. The van der Waals surface area contributed by atoms with Crippen molar-refractivity contribution in [2.45, 2.75) is 64.4 Å². The summed E-state index contributed by atoms with van der Waals surface area (Å²) >= 11 is 5.93. The van der Waals surface area contributed by atoms with Crippen LogP contribution in [0.25, 0.3) is 0 Å². The Bertz CT molecular complexity index is 585. The van der Waals surface area contributed by atoms with Gasteiger partial charge >= 0.3 is 0 Å². The molecule has 122 valence electrons. The van der Waals surface area contributed by atoms with Crippen molar-refractivity contribution in [3.05, 3.63) is 18.0 Å². The Labute approximate surface area is 134 Å². The Morgan fingerprint density at radius 3 is 2.14 bits per heavy atom. The molecule has 1 heterocycles. The predicted octanol–water partition coefficient (Wildman–Crippen LogP) is 3.86. The molecule has 4 nitrogen and oxygen atoms in total. The van der Waals surface area contributed by atoms with Crippen LogP contribution in [-0.4, -0.2) is 30.4 Å². The number of nitrogens with zero attached hydrogens (tertiary/aromatic N) is 2. The molecule has 1 aromatic rings. The number of hydrogen-bond acceptors (Lipinski definition) is 2. The fourth-order valence-corrected chi connectivity index (χ4v) is 3.96. The molecule has 0 aromatic carbocycles. The van der Waals surface area contributed by atoms with Crippen molar-refractivity contribution >= 4 is 21.6 Å². The average Bonchev–Trinajstić information content (AvgIpc) is 2.80. The Morgan fingerprint density at radius 1 is 1.29 bits per heavy atom. The molecule has 0 N–H and O–H groups in total. The second-order valence-electron chi connectivity index (χ2n) is 6.87. The summed E-state index contributed by atoms with van der Waals surface area (Å²) in [5.41, 5.74) is 0.694. The van der Waals surface area contributed by atoms with Gasteiger partial charge in [-0.3, -0.25) is 0 Å². The molecular formula is C15H27ClN2O2S. The molecule has 0 aliphatic rings. The van der Waals surface area contributed by atoms with E-state index in [0.29, 0.717) is 10.8 Å². The average molecular weight is 335 g/mol. The molecule has 1 unspecified atom stereocenters. The lowest BCUT2D eigenvalue weighted by molar-refractivity contribution is 0.216. The van der Waals surface area contributed by atoms with Crippen molar-refractivity contribution in [3.63, 3.8) is 0 Å². The van der Waals surface area contributed by atoms with Crippen molar-refractivity contribution in [1.82, 2.24) is 8.87 Å². The molecule has 0 saturated heterocycles. The topological polar surface area (TPSA) is 42.3 Å². The third kappa shape index (κ3) is 3.82. The number of alkyl halides is 1. The Balaban J connectivity index is 3.26. The molecule has 1 atom stereocenters. The van der Waals surface area contributed by atoms with Crippen molar-refractivity contribution in [2.24, 2.45) is 5.41 Å². The minimum atomic E-state index is -3.51. The molecule has 0 spiro atoms. The monoisotopic (exact) mass is 334 g/mol. The lowest BCUT2D eigenvalue weighted by Gasteiger charge is -2.34. The molecule has 0 fully saturated rings. The molecule has 1 aromatic heterocycles. The van der Waals surface area contributed by atoms with Gasteiger partial charge in [-0.15, -0.1) is 11.6 Å². The van der Waals surface area contributed by atoms with Crippen LogP contribution in [0.15, 0.2) is 17.2 Å². The van der Waals surface area contributed by atoms with Gasteiger partial charge in [0, 0.05) is 31.0 Å². The lowest BCUT2D eigenvalue weighted by Crippen LogP contribution is -2.42. The number of sulfonamides is 1. The molecule has 0 radical (unpaired) electrons. The highest BCUT2D eigenvalue weighted by Crippen LogP contribution is 2.29. The van der Waals surface area contributed by atoms with Crippen LogP contribution in [0.3, 0.4) is 0 Å². The standard InChI is InChI=1S/C15H27ClN2O2S/c1-11(2)18-10-14(8-13(18)9-16)21(19,20)17(7)12(3)15(4,5)6/h8,10-12H,9H2,1-7H3. The minimum Gasteiger partial charge on any atom is -0.346 e. The van der Waals surface area contributed by atoms with Gasteiger partial charge in [0.15, 0.2) is 0 Å². The number of rotatable bonds is 5. The first kappa shape index (κ1) is 18.5. The maximum absolute atomic E-state index is 12.8. The summed E-state index contributed by atoms with van der Waals surface area (Å²) in [6, 6.07) is 1.74. The molecular weight excluding hydrogens is 308 g/mol. The van der Waals surface area contributed by atoms with E-state index >= 15 is 0 Å². The Hall–Kier alpha value is -0.520. The summed E-state index contributed by atoms with van der Waals surface area (Å²) in [6.07, 6.45) is 1.68. The fourth-order valence-electron chi connectivity index (χ4n) is 2.15. The second kappa shape index (κ2) is 6.31. The first-order chi connectivity index (χ1) is 9.42. The van der Waals surface area contributed by atoms with Crippen LogP contribution in [0.4, 0.5) is 0 Å².